The van der Waals surface area contributed by atoms with E-state index in [1.165, 1.54) is 16.9 Å². The molecular formula is C12H13BrN2. The van der Waals surface area contributed by atoms with Gasteiger partial charge in [0.05, 0.1) is 6.20 Å². The summed E-state index contributed by atoms with van der Waals surface area (Å²) in [6.45, 7) is 4.82. The van der Waals surface area contributed by atoms with E-state index in [1.54, 1.807) is 0 Å². The van der Waals surface area contributed by atoms with Crippen LogP contribution in [0.15, 0.2) is 24.5 Å². The molecule has 0 N–H and O–H groups in total. The number of terminal acetylenes is 1. The van der Waals surface area contributed by atoms with E-state index >= 15 is 0 Å². The van der Waals surface area contributed by atoms with Crippen LogP contribution in [0, 0.1) is 26.2 Å². The number of hydrogen-bond acceptors (Lipinski definition) is 0. The number of hydrogen-bond donors (Lipinski definition) is 0. The quantitative estimate of drug-likeness (QED) is 0.437. The Morgan fingerprint density at radius 3 is 2.80 bits per heavy atom. The molecule has 0 radical (unpaired) electrons. The van der Waals surface area contributed by atoms with Crippen LogP contribution in [-0.4, -0.2) is 4.40 Å². The number of halogens is 1. The molecule has 3 heteroatoms. The molecule has 0 aliphatic rings. The third kappa shape index (κ3) is 1.91. The van der Waals surface area contributed by atoms with E-state index in [4.69, 9.17) is 6.42 Å². The third-order valence-electron chi connectivity index (χ3n) is 2.58. The standard InChI is InChI=1S/C12H13N2.BrH/c1-4-7-13-8-9-14-10(2)5-6-12(14)11(13)3;/h1,5-6,8-9H,7H2,2-3H3;1H/q+1;/p-1. The third-order valence-corrected chi connectivity index (χ3v) is 2.58. The first kappa shape index (κ1) is 11.8. The summed E-state index contributed by atoms with van der Waals surface area (Å²) in [6.07, 6.45) is 9.37. The van der Waals surface area contributed by atoms with E-state index in [9.17, 15) is 0 Å². The highest BCUT2D eigenvalue weighted by atomic mass is 79.9. The summed E-state index contributed by atoms with van der Waals surface area (Å²) in [5.74, 6) is 2.65. The average Bonchev–Trinajstić information content (AvgIpc) is 2.54. The Kier molecular flexibility index (Phi) is 3.54. The van der Waals surface area contributed by atoms with Gasteiger partial charge in [0.15, 0.2) is 6.20 Å². The highest BCUT2D eigenvalue weighted by Crippen LogP contribution is 2.10. The molecule has 0 aromatic carbocycles. The molecule has 0 saturated carbocycles. The molecule has 0 amide bonds. The number of aromatic nitrogens is 2. The number of aryl methyl sites for hydroxylation is 2. The molecule has 0 atom stereocenters. The summed E-state index contributed by atoms with van der Waals surface area (Å²) in [7, 11) is 0. The zero-order valence-corrected chi connectivity index (χ0v) is 10.5. The summed E-state index contributed by atoms with van der Waals surface area (Å²) in [6, 6.07) is 4.24. The maximum absolute atomic E-state index is 5.30. The lowest BCUT2D eigenvalue weighted by Crippen LogP contribution is -3.00. The summed E-state index contributed by atoms with van der Waals surface area (Å²) in [5.41, 5.74) is 3.68. The first-order valence-corrected chi connectivity index (χ1v) is 4.64. The molecule has 0 saturated heterocycles. The van der Waals surface area contributed by atoms with Crippen molar-refractivity contribution in [2.45, 2.75) is 20.4 Å². The van der Waals surface area contributed by atoms with E-state index in [2.05, 4.69) is 47.1 Å². The monoisotopic (exact) mass is 264 g/mol. The Morgan fingerprint density at radius 1 is 1.40 bits per heavy atom. The van der Waals surface area contributed by atoms with Gasteiger partial charge in [0.2, 0.25) is 12.2 Å². The van der Waals surface area contributed by atoms with Crippen molar-refractivity contribution in [1.29, 1.82) is 0 Å². The number of rotatable bonds is 1. The van der Waals surface area contributed by atoms with Crippen LogP contribution in [0.3, 0.4) is 0 Å². The topological polar surface area (TPSA) is 8.29 Å². The highest BCUT2D eigenvalue weighted by Gasteiger charge is 2.10. The minimum Gasteiger partial charge on any atom is -1.00 e. The van der Waals surface area contributed by atoms with Crippen LogP contribution in [0.2, 0.25) is 0 Å². The second-order valence-corrected chi connectivity index (χ2v) is 3.45. The predicted molar refractivity (Wildman–Crippen MR) is 55.9 cm³/mol. The van der Waals surface area contributed by atoms with Crippen LogP contribution < -0.4 is 21.5 Å². The Labute approximate surface area is 100 Å². The van der Waals surface area contributed by atoms with Crippen LogP contribution >= 0.6 is 0 Å². The molecule has 0 fully saturated rings. The van der Waals surface area contributed by atoms with Gasteiger partial charge < -0.3 is 21.4 Å². The smallest absolute Gasteiger partial charge is 0.209 e. The number of nitrogens with zero attached hydrogens (tertiary/aromatic N) is 2. The van der Waals surface area contributed by atoms with Gasteiger partial charge in [-0.3, -0.25) is 0 Å². The van der Waals surface area contributed by atoms with E-state index in [0.717, 1.165) is 0 Å². The molecule has 78 valence electrons. The summed E-state index contributed by atoms with van der Waals surface area (Å²) in [5, 5.41) is 0. The molecule has 0 aliphatic heterocycles. The Hall–Kier alpha value is -1.27. The minimum absolute atomic E-state index is 0. The van der Waals surface area contributed by atoms with Crippen LogP contribution in [0.4, 0.5) is 0 Å². The molecule has 2 aromatic heterocycles. The fraction of sp³-hybridized carbons (Fsp3) is 0.250. The molecule has 0 spiro atoms. The summed E-state index contributed by atoms with van der Waals surface area (Å²) in [4.78, 5) is 0. The first-order chi connectivity index (χ1) is 6.74. The van der Waals surface area contributed by atoms with Crippen molar-refractivity contribution in [3.63, 3.8) is 0 Å². The van der Waals surface area contributed by atoms with E-state index < -0.39 is 0 Å². The first-order valence-electron chi connectivity index (χ1n) is 4.64. The molecule has 2 heterocycles. The lowest BCUT2D eigenvalue weighted by molar-refractivity contribution is -0.690. The lowest BCUT2D eigenvalue weighted by Gasteiger charge is -2.00. The van der Waals surface area contributed by atoms with Gasteiger partial charge >= 0.3 is 0 Å². The molecule has 2 aromatic rings. The second kappa shape index (κ2) is 4.50. The Morgan fingerprint density at radius 2 is 2.13 bits per heavy atom. The molecule has 0 aliphatic carbocycles. The van der Waals surface area contributed by atoms with Gasteiger partial charge in [-0.05, 0) is 25.0 Å². The second-order valence-electron chi connectivity index (χ2n) is 3.45. The molecule has 0 bridgehead atoms. The Balaban J connectivity index is 0.00000112. The fourth-order valence-electron chi connectivity index (χ4n) is 1.72. The fourth-order valence-corrected chi connectivity index (χ4v) is 1.72. The van der Waals surface area contributed by atoms with Gasteiger partial charge in [-0.15, -0.1) is 6.42 Å². The average molecular weight is 265 g/mol. The summed E-state index contributed by atoms with van der Waals surface area (Å²) < 4.78 is 4.25. The predicted octanol–water partition coefficient (Wildman–Crippen LogP) is -1.52. The molecule has 15 heavy (non-hydrogen) atoms. The normalized spacial score (nSPS) is 9.67. The molecular weight excluding hydrogens is 252 g/mol. The van der Waals surface area contributed by atoms with Gasteiger partial charge in [0.25, 0.3) is 0 Å². The summed E-state index contributed by atoms with van der Waals surface area (Å²) >= 11 is 0. The van der Waals surface area contributed by atoms with E-state index in [1.807, 2.05) is 6.20 Å². The molecule has 0 unspecified atom stereocenters. The molecule has 2 rings (SSSR count). The van der Waals surface area contributed by atoms with Crippen LogP contribution in [0.25, 0.3) is 5.52 Å². The number of fused-ring (bicyclic) bond motifs is 1. The van der Waals surface area contributed by atoms with Crippen LogP contribution in [0.1, 0.15) is 11.4 Å². The largest absolute Gasteiger partial charge is 1.00 e. The maximum Gasteiger partial charge on any atom is 0.209 e. The van der Waals surface area contributed by atoms with E-state index in [0.29, 0.717) is 6.54 Å². The van der Waals surface area contributed by atoms with Crippen LogP contribution in [0.5, 0.6) is 0 Å². The Bertz CT molecular complexity index is 520. The SMILES string of the molecule is C#CC[n+]1ccn2c(C)ccc2c1C.[Br-]. The van der Waals surface area contributed by atoms with E-state index in [-0.39, 0.29) is 17.0 Å². The van der Waals surface area contributed by atoms with Crippen molar-refractivity contribution in [3.8, 4) is 12.3 Å². The zero-order chi connectivity index (χ0) is 10.1. The van der Waals surface area contributed by atoms with Crippen molar-refractivity contribution < 1.29 is 21.5 Å². The lowest BCUT2D eigenvalue weighted by atomic mass is 10.3. The van der Waals surface area contributed by atoms with Gasteiger partial charge in [-0.2, -0.15) is 4.57 Å². The van der Waals surface area contributed by atoms with Crippen molar-refractivity contribution in [2.75, 3.05) is 0 Å². The van der Waals surface area contributed by atoms with Gasteiger partial charge in [0, 0.05) is 12.6 Å². The highest BCUT2D eigenvalue weighted by molar-refractivity contribution is 5.51. The van der Waals surface area contributed by atoms with Crippen molar-refractivity contribution in [2.24, 2.45) is 0 Å². The van der Waals surface area contributed by atoms with Gasteiger partial charge in [-0.1, -0.05) is 0 Å². The minimum atomic E-state index is 0. The maximum atomic E-state index is 5.30. The van der Waals surface area contributed by atoms with Gasteiger partial charge in [0.1, 0.15) is 5.52 Å². The molecule has 2 nitrogen and oxygen atoms in total. The van der Waals surface area contributed by atoms with Crippen LogP contribution in [-0.2, 0) is 6.54 Å². The zero-order valence-electron chi connectivity index (χ0n) is 8.87. The van der Waals surface area contributed by atoms with Crippen molar-refractivity contribution in [3.05, 3.63) is 35.9 Å². The van der Waals surface area contributed by atoms with Crippen molar-refractivity contribution >= 4 is 5.52 Å². The van der Waals surface area contributed by atoms with Gasteiger partial charge in [-0.25, -0.2) is 0 Å². The van der Waals surface area contributed by atoms with Crippen molar-refractivity contribution in [1.82, 2.24) is 4.40 Å².